The van der Waals surface area contributed by atoms with Crippen molar-refractivity contribution in [1.29, 1.82) is 0 Å². The average molecular weight is 501 g/mol. The van der Waals surface area contributed by atoms with Crippen LogP contribution in [0.5, 0.6) is 11.8 Å². The summed E-state index contributed by atoms with van der Waals surface area (Å²) in [5.41, 5.74) is 2.37. The number of hydrogen-bond acceptors (Lipinski definition) is 8. The summed E-state index contributed by atoms with van der Waals surface area (Å²) in [4.78, 5) is 13.9. The molecule has 4 heterocycles. The van der Waals surface area contributed by atoms with Crippen LogP contribution in [0.15, 0.2) is 30.3 Å². The fraction of sp³-hybridized carbons (Fsp3) is 0.318. The molecule has 0 atom stereocenters. The van der Waals surface area contributed by atoms with Crippen molar-refractivity contribution in [2.45, 2.75) is 13.8 Å². The molecule has 4 aromatic rings. The fourth-order valence-corrected chi connectivity index (χ4v) is 4.84. The molecule has 0 spiro atoms. The van der Waals surface area contributed by atoms with E-state index in [1.165, 1.54) is 16.6 Å². The highest BCUT2D eigenvalue weighted by Crippen LogP contribution is 2.31. The van der Waals surface area contributed by atoms with Gasteiger partial charge in [0.25, 0.3) is 0 Å². The lowest BCUT2D eigenvalue weighted by atomic mass is 10.2. The third-order valence-electron chi connectivity index (χ3n) is 5.72. The maximum atomic E-state index is 15.1. The van der Waals surface area contributed by atoms with Crippen LogP contribution in [0.4, 0.5) is 21.8 Å². The number of benzene rings is 1. The van der Waals surface area contributed by atoms with E-state index in [2.05, 4.69) is 30.5 Å². The second-order valence-corrected chi connectivity index (χ2v) is 10.5. The fourth-order valence-electron chi connectivity index (χ4n) is 4.01. The first-order valence-electron chi connectivity index (χ1n) is 11.0. The largest absolute Gasteiger partial charge is 0.421 e. The van der Waals surface area contributed by atoms with Crippen molar-refractivity contribution in [1.82, 2.24) is 29.5 Å². The van der Waals surface area contributed by atoms with Crippen LogP contribution in [0, 0.1) is 19.7 Å². The molecule has 11 nitrogen and oxygen atoms in total. The Labute approximate surface area is 201 Å². The Morgan fingerprint density at radius 2 is 1.80 bits per heavy atom. The lowest BCUT2D eigenvalue weighted by molar-refractivity contribution is 0.384. The summed E-state index contributed by atoms with van der Waals surface area (Å²) >= 11 is 0. The Balaban J connectivity index is 1.47. The lowest BCUT2D eigenvalue weighted by Gasteiger charge is -2.34. The molecule has 1 aliphatic rings. The van der Waals surface area contributed by atoms with E-state index in [1.54, 1.807) is 18.2 Å². The minimum atomic E-state index is -3.27. The van der Waals surface area contributed by atoms with Crippen LogP contribution in [0.3, 0.4) is 0 Å². The summed E-state index contributed by atoms with van der Waals surface area (Å²) in [6.45, 7) is 5.27. The molecular formula is C22H25FN8O3S. The molecule has 35 heavy (non-hydrogen) atoms. The zero-order valence-corrected chi connectivity index (χ0v) is 20.3. The van der Waals surface area contributed by atoms with E-state index in [0.717, 1.165) is 11.4 Å². The van der Waals surface area contributed by atoms with E-state index in [1.807, 2.05) is 24.8 Å². The van der Waals surface area contributed by atoms with Crippen molar-refractivity contribution in [3.05, 3.63) is 47.5 Å². The summed E-state index contributed by atoms with van der Waals surface area (Å²) < 4.78 is 46.1. The Morgan fingerprint density at radius 1 is 1.03 bits per heavy atom. The number of piperazine rings is 1. The van der Waals surface area contributed by atoms with E-state index in [0.29, 0.717) is 54.5 Å². The van der Waals surface area contributed by atoms with Gasteiger partial charge in [0.15, 0.2) is 17.4 Å². The van der Waals surface area contributed by atoms with Gasteiger partial charge in [-0.05, 0) is 32.0 Å². The number of rotatable bonds is 6. The minimum absolute atomic E-state index is 0.00268. The first-order chi connectivity index (χ1) is 16.7. The number of ether oxygens (including phenoxy) is 1. The molecule has 0 saturated carbocycles. The molecule has 0 bridgehead atoms. The Kier molecular flexibility index (Phi) is 5.81. The van der Waals surface area contributed by atoms with Gasteiger partial charge in [-0.15, -0.1) is 0 Å². The molecular weight excluding hydrogens is 475 g/mol. The number of nitrogens with zero attached hydrogens (tertiary/aromatic N) is 5. The number of sulfonamides is 1. The number of aromatic amines is 2. The molecule has 3 N–H and O–H groups in total. The van der Waals surface area contributed by atoms with E-state index >= 15 is 4.39 Å². The van der Waals surface area contributed by atoms with Gasteiger partial charge in [-0.2, -0.15) is 19.4 Å². The predicted octanol–water partition coefficient (Wildman–Crippen LogP) is 3.05. The second kappa shape index (κ2) is 8.82. The molecule has 1 fully saturated rings. The van der Waals surface area contributed by atoms with Crippen molar-refractivity contribution in [3.8, 4) is 11.8 Å². The second-order valence-electron chi connectivity index (χ2n) is 8.50. The molecule has 1 aromatic carbocycles. The van der Waals surface area contributed by atoms with Crippen LogP contribution < -0.4 is 15.0 Å². The van der Waals surface area contributed by atoms with Gasteiger partial charge < -0.3 is 19.9 Å². The lowest BCUT2D eigenvalue weighted by Crippen LogP contribution is -2.48. The average Bonchev–Trinajstić information content (AvgIpc) is 3.40. The van der Waals surface area contributed by atoms with Gasteiger partial charge in [-0.25, -0.2) is 12.8 Å². The Hall–Kier alpha value is -3.71. The predicted molar refractivity (Wildman–Crippen MR) is 130 cm³/mol. The number of hydrogen-bond donors (Lipinski definition) is 3. The quantitative estimate of drug-likeness (QED) is 0.368. The molecule has 1 saturated heterocycles. The van der Waals surface area contributed by atoms with Crippen LogP contribution in [-0.2, 0) is 10.0 Å². The monoisotopic (exact) mass is 500 g/mol. The standard InChI is InChI=1S/C22H25FN8O3S/c1-13-10-15-16(24-13)4-5-17(21(15)23)34-22-26-18(25-19-11-14(2)28-29-19)12-20(27-22)30-6-8-31(9-7-30)35(3,32)33/h4-5,10-12,24H,6-9H2,1-3H3,(H2,25,26,27,28,29). The Bertz CT molecular complexity index is 1490. The van der Waals surface area contributed by atoms with Crippen LogP contribution in [0.1, 0.15) is 11.4 Å². The molecule has 0 amide bonds. The van der Waals surface area contributed by atoms with Crippen molar-refractivity contribution < 1.29 is 17.5 Å². The number of anilines is 3. The zero-order chi connectivity index (χ0) is 24.7. The molecule has 3 aromatic heterocycles. The summed E-state index contributed by atoms with van der Waals surface area (Å²) in [5.74, 6) is 0.963. The maximum Gasteiger partial charge on any atom is 0.326 e. The number of fused-ring (bicyclic) bond motifs is 1. The summed E-state index contributed by atoms with van der Waals surface area (Å²) in [7, 11) is -3.27. The third kappa shape index (κ3) is 4.91. The van der Waals surface area contributed by atoms with Gasteiger partial charge in [0.2, 0.25) is 10.0 Å². The zero-order valence-electron chi connectivity index (χ0n) is 19.5. The molecule has 0 aliphatic carbocycles. The highest BCUT2D eigenvalue weighted by Gasteiger charge is 2.25. The van der Waals surface area contributed by atoms with Crippen molar-refractivity contribution in [2.24, 2.45) is 0 Å². The number of aryl methyl sites for hydroxylation is 2. The van der Waals surface area contributed by atoms with Gasteiger partial charge in [0, 0.05) is 60.6 Å². The van der Waals surface area contributed by atoms with Gasteiger partial charge in [0.05, 0.1) is 6.26 Å². The van der Waals surface area contributed by atoms with Gasteiger partial charge in [0.1, 0.15) is 11.6 Å². The molecule has 1 aliphatic heterocycles. The minimum Gasteiger partial charge on any atom is -0.421 e. The summed E-state index contributed by atoms with van der Waals surface area (Å²) in [6, 6.07) is 8.47. The number of H-pyrrole nitrogens is 2. The first-order valence-corrected chi connectivity index (χ1v) is 12.8. The first kappa shape index (κ1) is 23.1. The SMILES string of the molecule is Cc1cc(Nc2cc(N3CCN(S(C)(=O)=O)CC3)nc(Oc3ccc4[nH]c(C)cc4c3F)n2)n[nH]1. The molecule has 0 radical (unpaired) electrons. The van der Waals surface area contributed by atoms with Crippen LogP contribution >= 0.6 is 0 Å². The van der Waals surface area contributed by atoms with Crippen molar-refractivity contribution in [2.75, 3.05) is 42.7 Å². The van der Waals surface area contributed by atoms with Gasteiger partial charge in [-0.1, -0.05) is 0 Å². The normalized spacial score (nSPS) is 15.0. The summed E-state index contributed by atoms with van der Waals surface area (Å²) in [5, 5.41) is 10.5. The smallest absolute Gasteiger partial charge is 0.326 e. The van der Waals surface area contributed by atoms with Crippen molar-refractivity contribution in [3.63, 3.8) is 0 Å². The van der Waals surface area contributed by atoms with Crippen molar-refractivity contribution >= 4 is 38.4 Å². The van der Waals surface area contributed by atoms with Crippen LogP contribution in [-0.4, -0.2) is 70.3 Å². The van der Waals surface area contributed by atoms with E-state index in [-0.39, 0.29) is 11.8 Å². The van der Waals surface area contributed by atoms with Gasteiger partial charge >= 0.3 is 6.01 Å². The number of nitrogens with one attached hydrogen (secondary N) is 3. The summed E-state index contributed by atoms with van der Waals surface area (Å²) in [6.07, 6.45) is 1.20. The molecule has 0 unspecified atom stereocenters. The number of aromatic nitrogens is 5. The molecule has 184 valence electrons. The highest BCUT2D eigenvalue weighted by molar-refractivity contribution is 7.88. The van der Waals surface area contributed by atoms with Gasteiger partial charge in [-0.3, -0.25) is 5.10 Å². The maximum absolute atomic E-state index is 15.1. The van der Waals surface area contributed by atoms with E-state index < -0.39 is 15.8 Å². The third-order valence-corrected chi connectivity index (χ3v) is 7.03. The topological polar surface area (TPSA) is 132 Å². The Morgan fingerprint density at radius 3 is 2.49 bits per heavy atom. The molecule has 5 rings (SSSR count). The van der Waals surface area contributed by atoms with Crippen LogP contribution in [0.2, 0.25) is 0 Å². The highest BCUT2D eigenvalue weighted by atomic mass is 32.2. The molecule has 13 heteroatoms. The van der Waals surface area contributed by atoms with Crippen LogP contribution in [0.25, 0.3) is 10.9 Å². The van der Waals surface area contributed by atoms with E-state index in [4.69, 9.17) is 4.74 Å². The van der Waals surface area contributed by atoms with E-state index in [9.17, 15) is 8.42 Å². The number of halogens is 1.